The first kappa shape index (κ1) is 15.6. The Kier molecular flexibility index (Phi) is 5.44. The van der Waals surface area contributed by atoms with E-state index in [0.29, 0.717) is 24.3 Å². The average Bonchev–Trinajstić information content (AvgIpc) is 2.47. The van der Waals surface area contributed by atoms with Crippen LogP contribution in [0.4, 0.5) is 4.39 Å². The zero-order valence-corrected chi connectivity index (χ0v) is 13.2. The molecular weight excluding hydrogens is 337 g/mol. The van der Waals surface area contributed by atoms with Crippen molar-refractivity contribution >= 4 is 21.9 Å². The molecule has 0 saturated heterocycles. The van der Waals surface area contributed by atoms with Gasteiger partial charge in [0.15, 0.2) is 0 Å². The van der Waals surface area contributed by atoms with Gasteiger partial charge in [0.05, 0.1) is 12.3 Å². The van der Waals surface area contributed by atoms with Gasteiger partial charge in [-0.25, -0.2) is 4.39 Å². The van der Waals surface area contributed by atoms with E-state index in [1.54, 1.807) is 19.2 Å². The first-order valence-electron chi connectivity index (χ1n) is 6.66. The SMILES string of the molecule is CCOC(=O)CCc1ccc(F)cc1-c1ccc(Br)cn1. The standard InChI is InChI=1S/C16H15BrFNO2/c1-2-21-16(20)8-4-11-3-6-13(18)9-14(11)15-7-5-12(17)10-19-15/h3,5-7,9-10H,2,4,8H2,1H3. The molecule has 0 bridgehead atoms. The fourth-order valence-electron chi connectivity index (χ4n) is 2.01. The Morgan fingerprint density at radius 2 is 2.14 bits per heavy atom. The third-order valence-corrected chi connectivity index (χ3v) is 3.45. The number of pyridine rings is 1. The largest absolute Gasteiger partial charge is 0.466 e. The molecule has 0 aliphatic carbocycles. The molecule has 0 N–H and O–H groups in total. The van der Waals surface area contributed by atoms with Crippen molar-refractivity contribution in [3.8, 4) is 11.3 Å². The monoisotopic (exact) mass is 351 g/mol. The summed E-state index contributed by atoms with van der Waals surface area (Å²) in [4.78, 5) is 15.7. The lowest BCUT2D eigenvalue weighted by atomic mass is 10.00. The molecule has 21 heavy (non-hydrogen) atoms. The third kappa shape index (κ3) is 4.36. The topological polar surface area (TPSA) is 39.2 Å². The van der Waals surface area contributed by atoms with E-state index < -0.39 is 0 Å². The minimum absolute atomic E-state index is 0.253. The summed E-state index contributed by atoms with van der Waals surface area (Å²) in [7, 11) is 0. The number of nitrogens with zero attached hydrogens (tertiary/aromatic N) is 1. The normalized spacial score (nSPS) is 10.4. The van der Waals surface area contributed by atoms with Gasteiger partial charge >= 0.3 is 5.97 Å². The summed E-state index contributed by atoms with van der Waals surface area (Å²) < 4.78 is 19.3. The van der Waals surface area contributed by atoms with Gasteiger partial charge in [-0.05, 0) is 59.1 Å². The number of carbonyl (C=O) groups excluding carboxylic acids is 1. The molecule has 3 nitrogen and oxygen atoms in total. The van der Waals surface area contributed by atoms with Crippen molar-refractivity contribution in [1.82, 2.24) is 4.98 Å². The Hall–Kier alpha value is -1.75. The summed E-state index contributed by atoms with van der Waals surface area (Å²) in [5, 5.41) is 0. The number of carbonyl (C=O) groups is 1. The number of aromatic nitrogens is 1. The number of benzene rings is 1. The molecule has 0 amide bonds. The molecule has 0 unspecified atom stereocenters. The van der Waals surface area contributed by atoms with Crippen LogP contribution in [0, 0.1) is 5.82 Å². The van der Waals surface area contributed by atoms with Crippen LogP contribution < -0.4 is 0 Å². The van der Waals surface area contributed by atoms with Gasteiger partial charge in [0.1, 0.15) is 5.82 Å². The van der Waals surface area contributed by atoms with E-state index in [9.17, 15) is 9.18 Å². The Labute approximate surface area is 131 Å². The van der Waals surface area contributed by atoms with Gasteiger partial charge in [0.25, 0.3) is 0 Å². The number of hydrogen-bond donors (Lipinski definition) is 0. The minimum atomic E-state index is -0.324. The van der Waals surface area contributed by atoms with Crippen LogP contribution in [-0.2, 0) is 16.0 Å². The summed E-state index contributed by atoms with van der Waals surface area (Å²) in [6.07, 6.45) is 2.42. The number of ether oxygens (including phenoxy) is 1. The fraction of sp³-hybridized carbons (Fsp3) is 0.250. The number of rotatable bonds is 5. The third-order valence-electron chi connectivity index (χ3n) is 2.98. The van der Waals surface area contributed by atoms with Crippen LogP contribution in [0.2, 0.25) is 0 Å². The van der Waals surface area contributed by atoms with Gasteiger partial charge in [0.2, 0.25) is 0 Å². The molecule has 2 rings (SSSR count). The maximum Gasteiger partial charge on any atom is 0.306 e. The van der Waals surface area contributed by atoms with Gasteiger partial charge in [-0.1, -0.05) is 6.07 Å². The summed E-state index contributed by atoms with van der Waals surface area (Å²) in [6.45, 7) is 2.14. The van der Waals surface area contributed by atoms with Crippen molar-refractivity contribution in [1.29, 1.82) is 0 Å². The molecule has 2 aromatic rings. The van der Waals surface area contributed by atoms with E-state index in [-0.39, 0.29) is 18.2 Å². The van der Waals surface area contributed by atoms with Gasteiger partial charge in [-0.2, -0.15) is 0 Å². The molecule has 0 atom stereocenters. The zero-order valence-electron chi connectivity index (χ0n) is 11.6. The Balaban J connectivity index is 2.25. The molecule has 5 heteroatoms. The highest BCUT2D eigenvalue weighted by Crippen LogP contribution is 2.25. The van der Waals surface area contributed by atoms with Crippen molar-refractivity contribution < 1.29 is 13.9 Å². The van der Waals surface area contributed by atoms with E-state index in [4.69, 9.17) is 4.74 Å². The average molecular weight is 352 g/mol. The molecule has 110 valence electrons. The quantitative estimate of drug-likeness (QED) is 0.759. The molecule has 1 aromatic heterocycles. The van der Waals surface area contributed by atoms with Crippen LogP contribution in [0.3, 0.4) is 0 Å². The van der Waals surface area contributed by atoms with Gasteiger partial charge < -0.3 is 4.74 Å². The van der Waals surface area contributed by atoms with Crippen LogP contribution in [-0.4, -0.2) is 17.6 Å². The maximum atomic E-state index is 13.5. The van der Waals surface area contributed by atoms with Crippen LogP contribution >= 0.6 is 15.9 Å². The van der Waals surface area contributed by atoms with Gasteiger partial charge in [-0.3, -0.25) is 9.78 Å². The lowest BCUT2D eigenvalue weighted by Gasteiger charge is -2.09. The highest BCUT2D eigenvalue weighted by Gasteiger charge is 2.10. The summed E-state index contributed by atoms with van der Waals surface area (Å²) in [5.41, 5.74) is 2.25. The van der Waals surface area contributed by atoms with E-state index >= 15 is 0 Å². The van der Waals surface area contributed by atoms with E-state index in [0.717, 1.165) is 10.0 Å². The molecule has 0 aliphatic heterocycles. The molecule has 0 aliphatic rings. The molecule has 1 aromatic carbocycles. The lowest BCUT2D eigenvalue weighted by Crippen LogP contribution is -2.06. The van der Waals surface area contributed by atoms with E-state index in [1.165, 1.54) is 12.1 Å². The van der Waals surface area contributed by atoms with Crippen LogP contribution in [0.5, 0.6) is 0 Å². The Bertz CT molecular complexity index is 629. The smallest absolute Gasteiger partial charge is 0.306 e. The Morgan fingerprint density at radius 1 is 1.33 bits per heavy atom. The van der Waals surface area contributed by atoms with Gasteiger partial charge in [-0.15, -0.1) is 0 Å². The van der Waals surface area contributed by atoms with Crippen molar-refractivity contribution in [3.05, 3.63) is 52.4 Å². The van der Waals surface area contributed by atoms with Crippen molar-refractivity contribution in [2.24, 2.45) is 0 Å². The van der Waals surface area contributed by atoms with Crippen molar-refractivity contribution in [2.75, 3.05) is 6.61 Å². The molecule has 0 fully saturated rings. The summed E-state index contributed by atoms with van der Waals surface area (Å²) in [6, 6.07) is 8.18. The Morgan fingerprint density at radius 3 is 2.81 bits per heavy atom. The van der Waals surface area contributed by atoms with Crippen molar-refractivity contribution in [2.45, 2.75) is 19.8 Å². The molecule has 0 radical (unpaired) electrons. The zero-order chi connectivity index (χ0) is 15.2. The van der Waals surface area contributed by atoms with Crippen LogP contribution in [0.1, 0.15) is 18.9 Å². The van der Waals surface area contributed by atoms with E-state index in [1.807, 2.05) is 12.1 Å². The molecular formula is C16H15BrFNO2. The second kappa shape index (κ2) is 7.31. The second-order valence-electron chi connectivity index (χ2n) is 4.47. The fourth-order valence-corrected chi connectivity index (χ4v) is 2.24. The number of esters is 1. The highest BCUT2D eigenvalue weighted by molar-refractivity contribution is 9.10. The summed E-state index contributed by atoms with van der Waals surface area (Å²) in [5.74, 6) is -0.578. The summed E-state index contributed by atoms with van der Waals surface area (Å²) >= 11 is 3.32. The molecule has 0 saturated carbocycles. The van der Waals surface area contributed by atoms with Gasteiger partial charge in [0, 0.05) is 22.7 Å². The molecule has 0 spiro atoms. The highest BCUT2D eigenvalue weighted by atomic mass is 79.9. The number of aryl methyl sites for hydroxylation is 1. The minimum Gasteiger partial charge on any atom is -0.466 e. The predicted octanol–water partition coefficient (Wildman–Crippen LogP) is 4.15. The maximum absolute atomic E-state index is 13.5. The lowest BCUT2D eigenvalue weighted by molar-refractivity contribution is -0.143. The first-order chi connectivity index (χ1) is 10.1. The molecule has 1 heterocycles. The van der Waals surface area contributed by atoms with Crippen LogP contribution in [0.25, 0.3) is 11.3 Å². The number of hydrogen-bond acceptors (Lipinski definition) is 3. The number of halogens is 2. The second-order valence-corrected chi connectivity index (χ2v) is 5.38. The van der Waals surface area contributed by atoms with Crippen LogP contribution in [0.15, 0.2) is 41.0 Å². The van der Waals surface area contributed by atoms with Crippen molar-refractivity contribution in [3.63, 3.8) is 0 Å². The van der Waals surface area contributed by atoms with E-state index in [2.05, 4.69) is 20.9 Å². The first-order valence-corrected chi connectivity index (χ1v) is 7.45. The predicted molar refractivity (Wildman–Crippen MR) is 82.3 cm³/mol.